The number of carbonyl (C=O) groups is 1. The van der Waals surface area contributed by atoms with Gasteiger partial charge in [0.2, 0.25) is 0 Å². The first-order chi connectivity index (χ1) is 5.29. The zero-order valence-corrected chi connectivity index (χ0v) is 5.78. The Morgan fingerprint density at radius 2 is 2.45 bits per heavy atom. The van der Waals surface area contributed by atoms with Gasteiger partial charge < -0.3 is 9.90 Å². The van der Waals surface area contributed by atoms with Crippen molar-refractivity contribution in [2.75, 3.05) is 0 Å². The van der Waals surface area contributed by atoms with Crippen molar-refractivity contribution in [1.82, 2.24) is 20.6 Å². The van der Waals surface area contributed by atoms with Crippen molar-refractivity contribution in [2.24, 2.45) is 0 Å². The van der Waals surface area contributed by atoms with Crippen LogP contribution in [0.5, 0.6) is 0 Å². The average Bonchev–Trinajstić information content (AvgIpc) is 2.39. The summed E-state index contributed by atoms with van der Waals surface area (Å²) in [6.07, 6.45) is 1.04. The molecule has 1 rings (SSSR count). The second-order valence-electron chi connectivity index (χ2n) is 2.05. The van der Waals surface area contributed by atoms with E-state index in [0.29, 0.717) is 18.7 Å². The number of hydrogen-bond donors (Lipinski definition) is 1. The summed E-state index contributed by atoms with van der Waals surface area (Å²) in [6, 6.07) is 0. The van der Waals surface area contributed by atoms with Crippen LogP contribution in [-0.2, 0) is 11.2 Å². The fourth-order valence-corrected chi connectivity index (χ4v) is 0.679. The van der Waals surface area contributed by atoms with Crippen LogP contribution in [0.2, 0.25) is 0 Å². The van der Waals surface area contributed by atoms with Gasteiger partial charge in [-0.05, 0) is 12.8 Å². The molecule has 1 aromatic rings. The summed E-state index contributed by atoms with van der Waals surface area (Å²) in [4.78, 5) is 9.95. The van der Waals surface area contributed by atoms with Crippen molar-refractivity contribution in [3.63, 3.8) is 0 Å². The summed E-state index contributed by atoms with van der Waals surface area (Å²) in [7, 11) is 0. The van der Waals surface area contributed by atoms with Gasteiger partial charge in [0.05, 0.1) is 0 Å². The van der Waals surface area contributed by atoms with Gasteiger partial charge >= 0.3 is 0 Å². The van der Waals surface area contributed by atoms with Crippen molar-refractivity contribution in [3.05, 3.63) is 5.82 Å². The minimum Gasteiger partial charge on any atom is -0.550 e. The molecule has 0 aromatic carbocycles. The van der Waals surface area contributed by atoms with Gasteiger partial charge in [-0.25, -0.2) is 0 Å². The van der Waals surface area contributed by atoms with Gasteiger partial charge in [-0.1, -0.05) is 5.21 Å². The molecule has 6 nitrogen and oxygen atoms in total. The minimum absolute atomic E-state index is 0.0362. The molecule has 0 amide bonds. The molecule has 1 aromatic heterocycles. The first-order valence-corrected chi connectivity index (χ1v) is 3.21. The molecule has 0 bridgehead atoms. The monoisotopic (exact) mass is 155 g/mol. The molecule has 60 valence electrons. The molecule has 0 aliphatic heterocycles. The summed E-state index contributed by atoms with van der Waals surface area (Å²) in [5.74, 6) is -0.514. The van der Waals surface area contributed by atoms with Gasteiger partial charge in [-0.15, -0.1) is 10.2 Å². The van der Waals surface area contributed by atoms with Crippen LogP contribution in [0, 0.1) is 0 Å². The Morgan fingerprint density at radius 3 is 3.00 bits per heavy atom. The molecule has 0 spiro atoms. The van der Waals surface area contributed by atoms with Gasteiger partial charge in [0.15, 0.2) is 5.82 Å². The number of nitrogens with one attached hydrogen (secondary N) is 1. The highest BCUT2D eigenvalue weighted by Crippen LogP contribution is 1.94. The number of aliphatic carboxylic acids is 1. The molecule has 0 radical (unpaired) electrons. The van der Waals surface area contributed by atoms with Crippen molar-refractivity contribution in [3.8, 4) is 0 Å². The molecule has 1 heterocycles. The van der Waals surface area contributed by atoms with Gasteiger partial charge in [-0.2, -0.15) is 5.21 Å². The Hall–Kier alpha value is -1.46. The van der Waals surface area contributed by atoms with E-state index >= 15 is 0 Å². The van der Waals surface area contributed by atoms with Crippen LogP contribution < -0.4 is 5.11 Å². The number of carboxylic acid groups (broad SMARTS) is 1. The molecule has 11 heavy (non-hydrogen) atoms. The van der Waals surface area contributed by atoms with E-state index in [0.717, 1.165) is 0 Å². The highest BCUT2D eigenvalue weighted by molar-refractivity contribution is 5.64. The number of aromatic amines is 1. The average molecular weight is 155 g/mol. The third kappa shape index (κ3) is 2.74. The molecule has 0 saturated carbocycles. The predicted octanol–water partition coefficient (Wildman–Crippen LogP) is -1.73. The largest absolute Gasteiger partial charge is 0.550 e. The fourth-order valence-electron chi connectivity index (χ4n) is 0.679. The number of aromatic nitrogens is 4. The lowest BCUT2D eigenvalue weighted by molar-refractivity contribution is -0.305. The second-order valence-corrected chi connectivity index (χ2v) is 2.05. The number of rotatable bonds is 4. The zero-order valence-electron chi connectivity index (χ0n) is 5.78. The Balaban J connectivity index is 2.19. The van der Waals surface area contributed by atoms with E-state index in [4.69, 9.17) is 0 Å². The van der Waals surface area contributed by atoms with Gasteiger partial charge in [0, 0.05) is 12.4 Å². The van der Waals surface area contributed by atoms with E-state index in [9.17, 15) is 9.90 Å². The van der Waals surface area contributed by atoms with Crippen LogP contribution in [0.1, 0.15) is 18.7 Å². The number of aryl methyl sites for hydroxylation is 1. The second kappa shape index (κ2) is 3.65. The van der Waals surface area contributed by atoms with Crippen molar-refractivity contribution < 1.29 is 9.90 Å². The van der Waals surface area contributed by atoms with E-state index in [1.807, 2.05) is 0 Å². The number of tetrazole rings is 1. The van der Waals surface area contributed by atoms with Crippen molar-refractivity contribution >= 4 is 5.97 Å². The number of carbonyl (C=O) groups excluding carboxylic acids is 1. The van der Waals surface area contributed by atoms with Crippen molar-refractivity contribution in [1.29, 1.82) is 0 Å². The quantitative estimate of drug-likeness (QED) is 0.557. The van der Waals surface area contributed by atoms with Crippen molar-refractivity contribution in [2.45, 2.75) is 19.3 Å². The topological polar surface area (TPSA) is 94.6 Å². The summed E-state index contributed by atoms with van der Waals surface area (Å²) in [6.45, 7) is 0. The summed E-state index contributed by atoms with van der Waals surface area (Å²) in [5, 5.41) is 22.9. The molecule has 0 aliphatic carbocycles. The van der Waals surface area contributed by atoms with Crippen LogP contribution in [0.15, 0.2) is 0 Å². The Bertz CT molecular complexity index is 220. The SMILES string of the molecule is O=C([O-])CCCc1nn[nH]n1. The number of hydrogen-bond acceptors (Lipinski definition) is 5. The Labute approximate surface area is 62.6 Å². The van der Waals surface area contributed by atoms with Crippen LogP contribution in [-0.4, -0.2) is 26.6 Å². The van der Waals surface area contributed by atoms with E-state index in [-0.39, 0.29) is 6.42 Å². The lowest BCUT2D eigenvalue weighted by atomic mass is 10.2. The summed E-state index contributed by atoms with van der Waals surface area (Å²) >= 11 is 0. The number of H-pyrrole nitrogens is 1. The summed E-state index contributed by atoms with van der Waals surface area (Å²) < 4.78 is 0. The molecule has 6 heteroatoms. The lowest BCUT2D eigenvalue weighted by Crippen LogP contribution is -2.21. The van der Waals surface area contributed by atoms with Crippen LogP contribution in [0.3, 0.4) is 0 Å². The number of nitrogens with zero attached hydrogens (tertiary/aromatic N) is 3. The summed E-state index contributed by atoms with van der Waals surface area (Å²) in [5.41, 5.74) is 0. The van der Waals surface area contributed by atoms with E-state index in [1.165, 1.54) is 0 Å². The standard InChI is InChI=1S/C5H8N4O2/c10-5(11)3-1-2-4-6-8-9-7-4/h1-3H2,(H,10,11)(H,6,7,8,9)/p-1. The van der Waals surface area contributed by atoms with E-state index in [1.54, 1.807) is 0 Å². The van der Waals surface area contributed by atoms with Crippen LogP contribution in [0.4, 0.5) is 0 Å². The Kier molecular flexibility index (Phi) is 2.53. The molecular formula is C5H7N4O2-. The minimum atomic E-state index is -1.05. The zero-order chi connectivity index (χ0) is 8.10. The third-order valence-electron chi connectivity index (χ3n) is 1.17. The fraction of sp³-hybridized carbons (Fsp3) is 0.600. The maximum atomic E-state index is 9.95. The van der Waals surface area contributed by atoms with Gasteiger partial charge in [0.1, 0.15) is 0 Å². The lowest BCUT2D eigenvalue weighted by Gasteiger charge is -1.97. The number of carboxylic acids is 1. The first kappa shape index (κ1) is 7.64. The van der Waals surface area contributed by atoms with Gasteiger partial charge in [-0.3, -0.25) is 0 Å². The molecular weight excluding hydrogens is 148 g/mol. The highest BCUT2D eigenvalue weighted by atomic mass is 16.4. The maximum absolute atomic E-state index is 9.95. The molecule has 1 N–H and O–H groups in total. The Morgan fingerprint density at radius 1 is 1.64 bits per heavy atom. The molecule has 0 saturated heterocycles. The molecule has 0 unspecified atom stereocenters. The highest BCUT2D eigenvalue weighted by Gasteiger charge is 1.96. The maximum Gasteiger partial charge on any atom is 0.174 e. The third-order valence-corrected chi connectivity index (χ3v) is 1.17. The first-order valence-electron chi connectivity index (χ1n) is 3.21. The normalized spacial score (nSPS) is 9.82. The van der Waals surface area contributed by atoms with Gasteiger partial charge in [0.25, 0.3) is 0 Å². The molecule has 0 fully saturated rings. The molecule has 0 aliphatic rings. The predicted molar refractivity (Wildman–Crippen MR) is 32.1 cm³/mol. The van der Waals surface area contributed by atoms with Crippen LogP contribution >= 0.6 is 0 Å². The van der Waals surface area contributed by atoms with Crippen LogP contribution in [0.25, 0.3) is 0 Å². The molecule has 0 atom stereocenters. The smallest absolute Gasteiger partial charge is 0.174 e. The van der Waals surface area contributed by atoms with E-state index < -0.39 is 5.97 Å². The van der Waals surface area contributed by atoms with E-state index in [2.05, 4.69) is 20.6 Å².